The summed E-state index contributed by atoms with van der Waals surface area (Å²) in [6.45, 7) is 2.03. The van der Waals surface area contributed by atoms with Crippen molar-refractivity contribution in [2.24, 2.45) is 0 Å². The lowest BCUT2D eigenvalue weighted by Crippen LogP contribution is -2.28. The first-order chi connectivity index (χ1) is 15.4. The molecule has 2 aromatic carbocycles. The number of methoxy groups -OCH3 is 1. The largest absolute Gasteiger partial charge is 0.495 e. The first kappa shape index (κ1) is 23.4. The highest BCUT2D eigenvalue weighted by Crippen LogP contribution is 2.29. The van der Waals surface area contributed by atoms with Gasteiger partial charge in [-0.2, -0.15) is 5.10 Å². The first-order valence-corrected chi connectivity index (χ1v) is 10.5. The van der Waals surface area contributed by atoms with Gasteiger partial charge >= 0.3 is 6.09 Å². The fourth-order valence-corrected chi connectivity index (χ4v) is 3.25. The van der Waals surface area contributed by atoms with Crippen LogP contribution in [0.3, 0.4) is 0 Å². The van der Waals surface area contributed by atoms with E-state index in [1.54, 1.807) is 43.3 Å². The summed E-state index contributed by atoms with van der Waals surface area (Å²) in [5.41, 5.74) is 1.59. The average Bonchev–Trinajstić information content (AvgIpc) is 2.77. The molecule has 9 heteroatoms. The van der Waals surface area contributed by atoms with Crippen molar-refractivity contribution in [3.63, 3.8) is 0 Å². The summed E-state index contributed by atoms with van der Waals surface area (Å²) in [7, 11) is 1.52. The second kappa shape index (κ2) is 10.8. The van der Waals surface area contributed by atoms with Crippen molar-refractivity contribution in [2.45, 2.75) is 13.5 Å². The van der Waals surface area contributed by atoms with Crippen molar-refractivity contribution in [3.05, 3.63) is 80.6 Å². The van der Waals surface area contributed by atoms with Crippen LogP contribution < -0.4 is 15.6 Å². The summed E-state index contributed by atoms with van der Waals surface area (Å²) in [6.07, 6.45) is 2.91. The number of benzene rings is 2. The summed E-state index contributed by atoms with van der Waals surface area (Å²) < 4.78 is 11.3. The zero-order chi connectivity index (χ0) is 23.1. The van der Waals surface area contributed by atoms with Crippen LogP contribution >= 0.6 is 23.2 Å². The highest BCUT2D eigenvalue weighted by atomic mass is 35.5. The number of hydrogen-bond acceptors (Lipinski definition) is 5. The number of nitrogens with zero attached hydrogens (tertiary/aromatic N) is 2. The molecule has 0 atom stereocenters. The fraction of sp³-hybridized carbons (Fsp3) is 0.174. The van der Waals surface area contributed by atoms with Gasteiger partial charge in [0.25, 0.3) is 5.56 Å². The van der Waals surface area contributed by atoms with Crippen LogP contribution in [0.15, 0.2) is 59.4 Å². The lowest BCUT2D eigenvalue weighted by atomic mass is 10.1. The maximum Gasteiger partial charge on any atom is 0.411 e. The van der Waals surface area contributed by atoms with Crippen LogP contribution in [0.2, 0.25) is 10.0 Å². The molecule has 0 radical (unpaired) electrons. The molecule has 0 aliphatic carbocycles. The van der Waals surface area contributed by atoms with Crippen molar-refractivity contribution in [2.75, 3.05) is 19.0 Å². The molecule has 1 amide bonds. The Morgan fingerprint density at radius 1 is 1.16 bits per heavy atom. The molecule has 3 rings (SSSR count). The van der Waals surface area contributed by atoms with Gasteiger partial charge in [-0.15, -0.1) is 0 Å². The minimum absolute atomic E-state index is 0.0419. The third-order valence-corrected chi connectivity index (χ3v) is 4.94. The fourth-order valence-electron chi connectivity index (χ4n) is 2.86. The molecule has 166 valence electrons. The van der Waals surface area contributed by atoms with Crippen LogP contribution in [-0.4, -0.2) is 29.6 Å². The van der Waals surface area contributed by atoms with E-state index >= 15 is 0 Å². The standard InChI is InChI=1S/C23H21Cl2N3O4/c1-3-32-23(30)26-20-14-19(16-8-11-21(31-2)18(25)13-16)27-28(22(20)29)12-4-5-15-6-9-17(24)10-7-15/h4-11,13-14H,3,12H2,1-2H3,(H,26,30). The van der Waals surface area contributed by atoms with Gasteiger partial charge in [0.05, 0.1) is 31.0 Å². The smallest absolute Gasteiger partial charge is 0.411 e. The normalized spacial score (nSPS) is 10.9. The van der Waals surface area contributed by atoms with Gasteiger partial charge in [0.15, 0.2) is 0 Å². The number of ether oxygens (including phenoxy) is 2. The number of carbonyl (C=O) groups is 1. The number of allylic oxidation sites excluding steroid dienone is 1. The average molecular weight is 474 g/mol. The molecule has 0 saturated heterocycles. The maximum atomic E-state index is 12.9. The van der Waals surface area contributed by atoms with Crippen molar-refractivity contribution in [1.82, 2.24) is 9.78 Å². The maximum absolute atomic E-state index is 12.9. The monoisotopic (exact) mass is 473 g/mol. The Bertz CT molecular complexity index is 1190. The van der Waals surface area contributed by atoms with Crippen LogP contribution in [0.1, 0.15) is 12.5 Å². The van der Waals surface area contributed by atoms with Gasteiger partial charge in [-0.3, -0.25) is 10.1 Å². The zero-order valence-electron chi connectivity index (χ0n) is 17.5. The Balaban J connectivity index is 1.97. The van der Waals surface area contributed by atoms with Crippen molar-refractivity contribution < 1.29 is 14.3 Å². The Labute approximate surface area is 195 Å². The number of aromatic nitrogens is 2. The van der Waals surface area contributed by atoms with E-state index in [1.165, 1.54) is 17.9 Å². The molecule has 7 nitrogen and oxygen atoms in total. The molecule has 0 aliphatic rings. The lowest BCUT2D eigenvalue weighted by molar-refractivity contribution is 0.168. The second-order valence-corrected chi connectivity index (χ2v) is 7.42. The third-order valence-electron chi connectivity index (χ3n) is 4.39. The van der Waals surface area contributed by atoms with Gasteiger partial charge in [0.1, 0.15) is 11.4 Å². The lowest BCUT2D eigenvalue weighted by Gasteiger charge is -2.11. The summed E-state index contributed by atoms with van der Waals surface area (Å²) in [5.74, 6) is 0.513. The van der Waals surface area contributed by atoms with Gasteiger partial charge in [0.2, 0.25) is 0 Å². The van der Waals surface area contributed by atoms with Crippen LogP contribution in [0.25, 0.3) is 17.3 Å². The van der Waals surface area contributed by atoms with Gasteiger partial charge in [-0.05, 0) is 48.9 Å². The van der Waals surface area contributed by atoms with E-state index in [2.05, 4.69) is 10.4 Å². The minimum atomic E-state index is -0.724. The summed E-state index contributed by atoms with van der Waals surface area (Å²) in [4.78, 5) is 24.8. The molecular weight excluding hydrogens is 453 g/mol. The van der Waals surface area contributed by atoms with E-state index < -0.39 is 11.7 Å². The Hall–Kier alpha value is -3.29. The quantitative estimate of drug-likeness (QED) is 0.489. The van der Waals surface area contributed by atoms with Gasteiger partial charge < -0.3 is 9.47 Å². The first-order valence-electron chi connectivity index (χ1n) is 9.73. The number of halogens is 2. The highest BCUT2D eigenvalue weighted by Gasteiger charge is 2.14. The molecule has 0 fully saturated rings. The molecule has 3 aromatic rings. The predicted octanol–water partition coefficient (Wildman–Crippen LogP) is 5.51. The number of carbonyl (C=O) groups excluding carboxylic acids is 1. The van der Waals surface area contributed by atoms with E-state index in [9.17, 15) is 9.59 Å². The number of anilines is 1. The van der Waals surface area contributed by atoms with E-state index in [0.29, 0.717) is 27.1 Å². The number of nitrogens with one attached hydrogen (secondary N) is 1. The summed E-state index contributed by atoms with van der Waals surface area (Å²) in [6, 6.07) is 13.9. The highest BCUT2D eigenvalue weighted by molar-refractivity contribution is 6.32. The number of hydrogen-bond donors (Lipinski definition) is 1. The Kier molecular flexibility index (Phi) is 7.92. The molecule has 0 saturated carbocycles. The SMILES string of the molecule is CCOC(=O)Nc1cc(-c2ccc(OC)c(Cl)c2)nn(CC=Cc2ccc(Cl)cc2)c1=O. The molecule has 0 spiro atoms. The summed E-state index contributed by atoms with van der Waals surface area (Å²) >= 11 is 12.2. The van der Waals surface area contributed by atoms with Crippen molar-refractivity contribution >= 4 is 41.1 Å². The molecule has 1 aromatic heterocycles. The van der Waals surface area contributed by atoms with Crippen molar-refractivity contribution in [1.29, 1.82) is 0 Å². The van der Waals surface area contributed by atoms with E-state index in [0.717, 1.165) is 5.56 Å². The molecular formula is C23H21Cl2N3O4. The summed E-state index contributed by atoms with van der Waals surface area (Å²) in [5, 5.41) is 7.96. The van der Waals surface area contributed by atoms with E-state index in [1.807, 2.05) is 18.2 Å². The van der Waals surface area contributed by atoms with Crippen LogP contribution in [0.4, 0.5) is 10.5 Å². The van der Waals surface area contributed by atoms with E-state index in [4.69, 9.17) is 32.7 Å². The molecule has 1 heterocycles. The van der Waals surface area contributed by atoms with Crippen LogP contribution in [0, 0.1) is 0 Å². The molecule has 0 aliphatic heterocycles. The van der Waals surface area contributed by atoms with E-state index in [-0.39, 0.29) is 18.8 Å². The molecule has 32 heavy (non-hydrogen) atoms. The molecule has 0 bridgehead atoms. The number of amides is 1. The van der Waals surface area contributed by atoms with Gasteiger partial charge in [0, 0.05) is 10.6 Å². The van der Waals surface area contributed by atoms with Gasteiger partial charge in [-0.25, -0.2) is 9.48 Å². The van der Waals surface area contributed by atoms with Crippen LogP contribution in [-0.2, 0) is 11.3 Å². The second-order valence-electron chi connectivity index (χ2n) is 6.58. The molecule has 0 unspecified atom stereocenters. The van der Waals surface area contributed by atoms with Crippen LogP contribution in [0.5, 0.6) is 5.75 Å². The third kappa shape index (κ3) is 5.90. The topological polar surface area (TPSA) is 82.4 Å². The van der Waals surface area contributed by atoms with Crippen molar-refractivity contribution in [3.8, 4) is 17.0 Å². The Morgan fingerprint density at radius 3 is 2.56 bits per heavy atom. The number of rotatable bonds is 7. The zero-order valence-corrected chi connectivity index (χ0v) is 19.0. The Morgan fingerprint density at radius 2 is 1.91 bits per heavy atom. The minimum Gasteiger partial charge on any atom is -0.495 e. The predicted molar refractivity (Wildman–Crippen MR) is 127 cm³/mol. The van der Waals surface area contributed by atoms with Gasteiger partial charge in [-0.1, -0.05) is 47.5 Å². The molecule has 1 N–H and O–H groups in total.